The number of aromatic nitrogens is 1. The number of benzene rings is 2. The van der Waals surface area contributed by atoms with E-state index in [4.69, 9.17) is 14.2 Å². The molecule has 0 amide bonds. The number of carbonyl (C=O) groups excluding carboxylic acids is 1. The average molecular weight is 472 g/mol. The Balaban J connectivity index is 1.95. The second-order valence-electron chi connectivity index (χ2n) is 6.83. The molecule has 3 rings (SSSR count). The monoisotopic (exact) mass is 471 g/mol. The Morgan fingerprint density at radius 1 is 1.07 bits per heavy atom. The van der Waals surface area contributed by atoms with Gasteiger partial charge in [0.1, 0.15) is 0 Å². The first kappa shape index (κ1) is 22.0. The van der Waals surface area contributed by atoms with Crippen LogP contribution in [0, 0.1) is 6.92 Å². The van der Waals surface area contributed by atoms with Gasteiger partial charge in [-0.15, -0.1) is 0 Å². The highest BCUT2D eigenvalue weighted by atomic mass is 79.9. The van der Waals surface area contributed by atoms with E-state index in [2.05, 4.69) is 20.5 Å². The number of hydrogen-bond acceptors (Lipinski definition) is 4. The van der Waals surface area contributed by atoms with Crippen molar-refractivity contribution in [2.75, 3.05) is 20.8 Å². The fourth-order valence-electron chi connectivity index (χ4n) is 3.55. The van der Waals surface area contributed by atoms with E-state index in [1.165, 1.54) is 0 Å². The molecule has 6 heteroatoms. The van der Waals surface area contributed by atoms with Crippen LogP contribution >= 0.6 is 15.9 Å². The predicted molar refractivity (Wildman–Crippen MR) is 122 cm³/mol. The number of halogens is 1. The van der Waals surface area contributed by atoms with Crippen molar-refractivity contribution < 1.29 is 19.0 Å². The lowest BCUT2D eigenvalue weighted by Gasteiger charge is -2.13. The number of rotatable bonds is 8. The number of hydrogen-bond donors (Lipinski definition) is 0. The van der Waals surface area contributed by atoms with Crippen molar-refractivity contribution >= 4 is 21.9 Å². The largest absolute Gasteiger partial charge is 0.493 e. The number of methoxy groups -OCH3 is 2. The third-order valence-corrected chi connectivity index (χ3v) is 5.82. The van der Waals surface area contributed by atoms with E-state index in [-0.39, 0.29) is 5.97 Å². The topological polar surface area (TPSA) is 49.7 Å². The van der Waals surface area contributed by atoms with Gasteiger partial charge < -0.3 is 18.8 Å². The third-order valence-electron chi connectivity index (χ3n) is 5.08. The summed E-state index contributed by atoms with van der Waals surface area (Å²) >= 11 is 3.62. The van der Waals surface area contributed by atoms with Crippen LogP contribution in [-0.2, 0) is 17.7 Å². The lowest BCUT2D eigenvalue weighted by molar-refractivity contribution is 0.0527. The summed E-state index contributed by atoms with van der Waals surface area (Å²) in [5, 5.41) is 0. The Labute approximate surface area is 185 Å². The quantitative estimate of drug-likeness (QED) is 0.397. The standard InChI is InChI=1S/C24H26BrNO4/c1-5-30-24(27)19-15-26(16(2)23(19)17-9-7-6-8-10-17)12-11-18-13-21(28-3)22(29-4)14-20(18)25/h6-10,13-15H,5,11-12H2,1-4H3. The summed E-state index contributed by atoms with van der Waals surface area (Å²) in [6, 6.07) is 13.8. The van der Waals surface area contributed by atoms with Crippen LogP contribution in [0.2, 0.25) is 0 Å². The molecular weight excluding hydrogens is 446 g/mol. The molecule has 0 aliphatic carbocycles. The summed E-state index contributed by atoms with van der Waals surface area (Å²) in [6.07, 6.45) is 2.65. The lowest BCUT2D eigenvalue weighted by atomic mass is 10.0. The summed E-state index contributed by atoms with van der Waals surface area (Å²) in [5.41, 5.74) is 4.64. The zero-order chi connectivity index (χ0) is 21.7. The summed E-state index contributed by atoms with van der Waals surface area (Å²) in [6.45, 7) is 4.91. The fraction of sp³-hybridized carbons (Fsp3) is 0.292. The number of carbonyl (C=O) groups is 1. The van der Waals surface area contributed by atoms with E-state index in [9.17, 15) is 4.79 Å². The maximum absolute atomic E-state index is 12.6. The molecule has 0 spiro atoms. The number of ether oxygens (including phenoxy) is 3. The molecule has 1 heterocycles. The molecule has 1 aromatic heterocycles. The molecule has 0 aliphatic heterocycles. The fourth-order valence-corrected chi connectivity index (χ4v) is 4.07. The highest BCUT2D eigenvalue weighted by Gasteiger charge is 2.21. The smallest absolute Gasteiger partial charge is 0.340 e. The van der Waals surface area contributed by atoms with E-state index in [1.807, 2.05) is 62.5 Å². The first-order valence-corrected chi connectivity index (χ1v) is 10.6. The lowest BCUT2D eigenvalue weighted by Crippen LogP contribution is -2.05. The Morgan fingerprint density at radius 2 is 1.73 bits per heavy atom. The summed E-state index contributed by atoms with van der Waals surface area (Å²) in [7, 11) is 3.25. The molecule has 30 heavy (non-hydrogen) atoms. The minimum atomic E-state index is -0.300. The van der Waals surface area contributed by atoms with Crippen molar-refractivity contribution in [1.82, 2.24) is 4.57 Å². The molecule has 0 unspecified atom stereocenters. The molecule has 0 saturated carbocycles. The Morgan fingerprint density at radius 3 is 2.37 bits per heavy atom. The normalized spacial score (nSPS) is 10.7. The van der Waals surface area contributed by atoms with E-state index >= 15 is 0 Å². The minimum Gasteiger partial charge on any atom is -0.493 e. The van der Waals surface area contributed by atoms with Crippen LogP contribution in [0.25, 0.3) is 11.1 Å². The van der Waals surface area contributed by atoms with Crippen LogP contribution < -0.4 is 9.47 Å². The van der Waals surface area contributed by atoms with Gasteiger partial charge in [0.15, 0.2) is 11.5 Å². The maximum atomic E-state index is 12.6. The number of aryl methyl sites for hydroxylation is 2. The van der Waals surface area contributed by atoms with Crippen molar-refractivity contribution in [3.8, 4) is 22.6 Å². The van der Waals surface area contributed by atoms with Gasteiger partial charge in [0.25, 0.3) is 0 Å². The van der Waals surface area contributed by atoms with Gasteiger partial charge in [-0.05, 0) is 43.5 Å². The molecule has 0 aliphatic rings. The van der Waals surface area contributed by atoms with Crippen molar-refractivity contribution in [1.29, 1.82) is 0 Å². The van der Waals surface area contributed by atoms with E-state index in [0.29, 0.717) is 30.2 Å². The molecule has 0 bridgehead atoms. The first-order chi connectivity index (χ1) is 14.5. The van der Waals surface area contributed by atoms with Gasteiger partial charge in [-0.25, -0.2) is 4.79 Å². The molecular formula is C24H26BrNO4. The highest BCUT2D eigenvalue weighted by Crippen LogP contribution is 2.34. The van der Waals surface area contributed by atoms with Gasteiger partial charge in [-0.1, -0.05) is 46.3 Å². The first-order valence-electron chi connectivity index (χ1n) is 9.82. The minimum absolute atomic E-state index is 0.300. The number of nitrogens with zero attached hydrogens (tertiary/aromatic N) is 1. The van der Waals surface area contributed by atoms with E-state index in [0.717, 1.165) is 33.3 Å². The molecule has 0 fully saturated rings. The molecule has 0 N–H and O–H groups in total. The van der Waals surface area contributed by atoms with Crippen LogP contribution in [0.1, 0.15) is 28.5 Å². The molecule has 158 valence electrons. The third kappa shape index (κ3) is 4.54. The van der Waals surface area contributed by atoms with Crippen molar-refractivity contribution in [2.24, 2.45) is 0 Å². The van der Waals surface area contributed by atoms with Gasteiger partial charge >= 0.3 is 5.97 Å². The summed E-state index contributed by atoms with van der Waals surface area (Å²) in [5.74, 6) is 1.07. The van der Waals surface area contributed by atoms with Crippen molar-refractivity contribution in [3.63, 3.8) is 0 Å². The van der Waals surface area contributed by atoms with Crippen molar-refractivity contribution in [3.05, 3.63) is 70.0 Å². The summed E-state index contributed by atoms with van der Waals surface area (Å²) in [4.78, 5) is 12.6. The van der Waals surface area contributed by atoms with Crippen LogP contribution in [-0.4, -0.2) is 31.4 Å². The van der Waals surface area contributed by atoms with Crippen LogP contribution in [0.5, 0.6) is 11.5 Å². The van der Waals surface area contributed by atoms with Gasteiger partial charge in [0.05, 0.1) is 26.4 Å². The second-order valence-corrected chi connectivity index (χ2v) is 7.69. The summed E-state index contributed by atoms with van der Waals surface area (Å²) < 4.78 is 19.2. The van der Waals surface area contributed by atoms with Crippen LogP contribution in [0.3, 0.4) is 0 Å². The van der Waals surface area contributed by atoms with Crippen molar-refractivity contribution in [2.45, 2.75) is 26.8 Å². The molecule has 0 radical (unpaired) electrons. The SMILES string of the molecule is CCOC(=O)c1cn(CCc2cc(OC)c(OC)cc2Br)c(C)c1-c1ccccc1. The Hall–Kier alpha value is -2.73. The second kappa shape index (κ2) is 9.85. The zero-order valence-electron chi connectivity index (χ0n) is 17.7. The Bertz CT molecular complexity index is 1030. The van der Waals surface area contributed by atoms with Gasteiger partial charge in [0, 0.05) is 28.5 Å². The van der Waals surface area contributed by atoms with Gasteiger partial charge in [-0.3, -0.25) is 0 Å². The molecule has 2 aromatic carbocycles. The van der Waals surface area contributed by atoms with Gasteiger partial charge in [-0.2, -0.15) is 0 Å². The molecule has 0 atom stereocenters. The maximum Gasteiger partial charge on any atom is 0.340 e. The molecule has 0 saturated heterocycles. The zero-order valence-corrected chi connectivity index (χ0v) is 19.3. The van der Waals surface area contributed by atoms with E-state index < -0.39 is 0 Å². The highest BCUT2D eigenvalue weighted by molar-refractivity contribution is 9.10. The van der Waals surface area contributed by atoms with Gasteiger partial charge in [0.2, 0.25) is 0 Å². The van der Waals surface area contributed by atoms with Crippen LogP contribution in [0.15, 0.2) is 53.1 Å². The van der Waals surface area contributed by atoms with Crippen LogP contribution in [0.4, 0.5) is 0 Å². The Kier molecular flexibility index (Phi) is 7.21. The predicted octanol–water partition coefficient (Wildman–Crippen LogP) is 5.66. The van der Waals surface area contributed by atoms with E-state index in [1.54, 1.807) is 14.2 Å². The molecule has 5 nitrogen and oxygen atoms in total. The number of esters is 1. The average Bonchev–Trinajstić information content (AvgIpc) is 3.09. The molecule has 3 aromatic rings.